The van der Waals surface area contributed by atoms with E-state index in [1.54, 1.807) is 7.05 Å². The number of halogens is 1. The van der Waals surface area contributed by atoms with Crippen molar-refractivity contribution in [3.05, 3.63) is 70.2 Å². The molecule has 2 amide bonds. The number of nitrogens with zero attached hydrogens (tertiary/aromatic N) is 1. The second kappa shape index (κ2) is 9.02. The lowest BCUT2D eigenvalue weighted by atomic mass is 10.1. The van der Waals surface area contributed by atoms with Crippen LogP contribution in [0.25, 0.3) is 0 Å². The minimum atomic E-state index is -0.0952. The van der Waals surface area contributed by atoms with Crippen molar-refractivity contribution < 1.29 is 9.59 Å². The van der Waals surface area contributed by atoms with Gasteiger partial charge in [-0.25, -0.2) is 0 Å². The zero-order valence-electron chi connectivity index (χ0n) is 15.4. The third kappa shape index (κ3) is 5.81. The molecule has 1 aliphatic rings. The molecule has 3 rings (SSSR count). The molecule has 6 heteroatoms. The smallest absolute Gasteiger partial charge is 0.251 e. The number of carbonyl (C=O) groups is 2. The Balaban J connectivity index is 1.53. The van der Waals surface area contributed by atoms with Gasteiger partial charge in [0.1, 0.15) is 0 Å². The minimum Gasteiger partial charge on any atom is -0.355 e. The van der Waals surface area contributed by atoms with E-state index >= 15 is 0 Å². The molecule has 2 aromatic carbocycles. The van der Waals surface area contributed by atoms with Gasteiger partial charge >= 0.3 is 0 Å². The molecule has 1 aliphatic carbocycles. The van der Waals surface area contributed by atoms with Gasteiger partial charge in [0, 0.05) is 36.8 Å². The minimum absolute atomic E-state index is 0.0128. The highest BCUT2D eigenvalue weighted by molar-refractivity contribution is 6.30. The van der Waals surface area contributed by atoms with Crippen molar-refractivity contribution >= 4 is 23.4 Å². The lowest BCUT2D eigenvalue weighted by Gasteiger charge is -2.21. The monoisotopic (exact) mass is 385 g/mol. The molecular formula is C21H24ClN3O2. The number of carbonyl (C=O) groups excluding carboxylic acids is 2. The van der Waals surface area contributed by atoms with Crippen LogP contribution in [0.2, 0.25) is 5.02 Å². The van der Waals surface area contributed by atoms with Crippen LogP contribution in [0, 0.1) is 0 Å². The summed E-state index contributed by atoms with van der Waals surface area (Å²) in [6.07, 6.45) is 2.25. The van der Waals surface area contributed by atoms with Crippen molar-refractivity contribution in [2.24, 2.45) is 0 Å². The van der Waals surface area contributed by atoms with Crippen molar-refractivity contribution in [2.45, 2.75) is 32.0 Å². The standard InChI is InChI=1S/C21H24ClN3O2/c1-23-21(27)17-6-2-16(3-7-17)13-25(19-10-11-19)14-20(26)24-12-15-4-8-18(22)9-5-15/h2-9,19H,10-14H2,1H3,(H,23,27)(H,24,26). The molecule has 0 saturated heterocycles. The van der Waals surface area contributed by atoms with Crippen LogP contribution in [-0.4, -0.2) is 36.3 Å². The molecule has 0 unspecified atom stereocenters. The van der Waals surface area contributed by atoms with Gasteiger partial charge in [0.25, 0.3) is 5.91 Å². The van der Waals surface area contributed by atoms with E-state index in [1.807, 2.05) is 48.5 Å². The highest BCUT2D eigenvalue weighted by atomic mass is 35.5. The zero-order chi connectivity index (χ0) is 19.2. The number of hydrogen-bond donors (Lipinski definition) is 2. The summed E-state index contributed by atoms with van der Waals surface area (Å²) >= 11 is 5.88. The van der Waals surface area contributed by atoms with E-state index in [9.17, 15) is 9.59 Å². The van der Waals surface area contributed by atoms with Crippen LogP contribution in [0.1, 0.15) is 34.3 Å². The molecule has 0 radical (unpaired) electrons. The van der Waals surface area contributed by atoms with Crippen LogP contribution in [0.15, 0.2) is 48.5 Å². The van der Waals surface area contributed by atoms with Crippen molar-refractivity contribution in [1.82, 2.24) is 15.5 Å². The molecule has 5 nitrogen and oxygen atoms in total. The van der Waals surface area contributed by atoms with E-state index in [0.717, 1.165) is 24.0 Å². The summed E-state index contributed by atoms with van der Waals surface area (Å²) < 4.78 is 0. The molecule has 142 valence electrons. The highest BCUT2D eigenvalue weighted by Crippen LogP contribution is 2.28. The Hall–Kier alpha value is -2.37. The third-order valence-electron chi connectivity index (χ3n) is 4.64. The maximum absolute atomic E-state index is 12.4. The molecule has 0 bridgehead atoms. The molecule has 2 N–H and O–H groups in total. The average molecular weight is 386 g/mol. The van der Waals surface area contributed by atoms with Gasteiger partial charge in [-0.1, -0.05) is 35.9 Å². The number of amides is 2. The molecule has 0 atom stereocenters. The summed E-state index contributed by atoms with van der Waals surface area (Å²) in [5, 5.41) is 6.28. The molecular weight excluding hydrogens is 362 g/mol. The van der Waals surface area contributed by atoms with E-state index < -0.39 is 0 Å². The Morgan fingerprint density at radius 3 is 2.26 bits per heavy atom. The first-order valence-corrected chi connectivity index (χ1v) is 9.49. The molecule has 0 aliphatic heterocycles. The molecule has 1 fully saturated rings. The number of rotatable bonds is 8. The second-order valence-corrected chi connectivity index (χ2v) is 7.25. The van der Waals surface area contributed by atoms with Crippen molar-refractivity contribution in [3.63, 3.8) is 0 Å². The van der Waals surface area contributed by atoms with E-state index in [2.05, 4.69) is 15.5 Å². The molecule has 0 aromatic heterocycles. The Morgan fingerprint density at radius 2 is 1.67 bits per heavy atom. The second-order valence-electron chi connectivity index (χ2n) is 6.82. The first-order valence-electron chi connectivity index (χ1n) is 9.11. The molecule has 1 saturated carbocycles. The predicted octanol–water partition coefficient (Wildman–Crippen LogP) is 2.98. The van der Waals surface area contributed by atoms with E-state index in [-0.39, 0.29) is 11.8 Å². The van der Waals surface area contributed by atoms with Crippen LogP contribution in [0.5, 0.6) is 0 Å². The summed E-state index contributed by atoms with van der Waals surface area (Å²) in [5.74, 6) is -0.0824. The van der Waals surface area contributed by atoms with Gasteiger partial charge in [0.15, 0.2) is 0 Å². The largest absolute Gasteiger partial charge is 0.355 e. The average Bonchev–Trinajstić information content (AvgIpc) is 3.52. The van der Waals surface area contributed by atoms with Crippen LogP contribution < -0.4 is 10.6 Å². The first-order chi connectivity index (χ1) is 13.0. The van der Waals surface area contributed by atoms with Crippen molar-refractivity contribution in [1.29, 1.82) is 0 Å². The number of nitrogens with one attached hydrogen (secondary N) is 2. The van der Waals surface area contributed by atoms with E-state index in [0.29, 0.717) is 36.3 Å². The lowest BCUT2D eigenvalue weighted by molar-refractivity contribution is -0.122. The summed E-state index contributed by atoms with van der Waals surface area (Å²) in [5.41, 5.74) is 2.76. The molecule has 2 aromatic rings. The van der Waals surface area contributed by atoms with Gasteiger partial charge in [-0.2, -0.15) is 0 Å². The summed E-state index contributed by atoms with van der Waals surface area (Å²) in [6, 6.07) is 15.5. The van der Waals surface area contributed by atoms with Gasteiger partial charge in [-0.05, 0) is 48.2 Å². The SMILES string of the molecule is CNC(=O)c1ccc(CN(CC(=O)NCc2ccc(Cl)cc2)C2CC2)cc1. The van der Waals surface area contributed by atoms with E-state index in [4.69, 9.17) is 11.6 Å². The predicted molar refractivity (Wildman–Crippen MR) is 107 cm³/mol. The van der Waals surface area contributed by atoms with E-state index in [1.165, 1.54) is 0 Å². The topological polar surface area (TPSA) is 61.4 Å². The summed E-state index contributed by atoms with van der Waals surface area (Å²) in [4.78, 5) is 26.2. The van der Waals surface area contributed by atoms with Gasteiger partial charge in [-0.3, -0.25) is 14.5 Å². The Labute approximate surface area is 164 Å². The summed E-state index contributed by atoms with van der Waals surface area (Å²) in [7, 11) is 1.62. The van der Waals surface area contributed by atoms with Crippen molar-refractivity contribution in [2.75, 3.05) is 13.6 Å². The first kappa shape index (κ1) is 19.4. The fourth-order valence-corrected chi connectivity index (χ4v) is 3.06. The fraction of sp³-hybridized carbons (Fsp3) is 0.333. The summed E-state index contributed by atoms with van der Waals surface area (Å²) in [6.45, 7) is 1.57. The van der Waals surface area contributed by atoms with Crippen molar-refractivity contribution in [3.8, 4) is 0 Å². The normalized spacial score (nSPS) is 13.4. The number of benzene rings is 2. The van der Waals surface area contributed by atoms with Gasteiger partial charge in [0.2, 0.25) is 5.91 Å². The lowest BCUT2D eigenvalue weighted by Crippen LogP contribution is -2.37. The molecule has 0 heterocycles. The zero-order valence-corrected chi connectivity index (χ0v) is 16.1. The van der Waals surface area contributed by atoms with Gasteiger partial charge in [0.05, 0.1) is 6.54 Å². The fourth-order valence-electron chi connectivity index (χ4n) is 2.94. The van der Waals surface area contributed by atoms with Crippen LogP contribution in [0.4, 0.5) is 0 Å². The third-order valence-corrected chi connectivity index (χ3v) is 4.89. The molecule has 0 spiro atoms. The van der Waals surface area contributed by atoms with Gasteiger partial charge in [-0.15, -0.1) is 0 Å². The highest BCUT2D eigenvalue weighted by Gasteiger charge is 2.30. The van der Waals surface area contributed by atoms with Crippen LogP contribution in [0.3, 0.4) is 0 Å². The van der Waals surface area contributed by atoms with Crippen LogP contribution >= 0.6 is 11.6 Å². The maximum Gasteiger partial charge on any atom is 0.251 e. The Kier molecular flexibility index (Phi) is 6.48. The Morgan fingerprint density at radius 1 is 1.04 bits per heavy atom. The quantitative estimate of drug-likeness (QED) is 0.734. The molecule has 27 heavy (non-hydrogen) atoms. The maximum atomic E-state index is 12.4. The number of hydrogen-bond acceptors (Lipinski definition) is 3. The van der Waals surface area contributed by atoms with Gasteiger partial charge < -0.3 is 10.6 Å². The van der Waals surface area contributed by atoms with Crippen LogP contribution in [-0.2, 0) is 17.9 Å². The Bertz CT molecular complexity index is 786.